The van der Waals surface area contributed by atoms with Crippen molar-refractivity contribution < 1.29 is 9.84 Å². The van der Waals surface area contributed by atoms with E-state index in [1.807, 2.05) is 61.5 Å². The number of rotatable bonds is 7. The highest BCUT2D eigenvalue weighted by molar-refractivity contribution is 6.33. The van der Waals surface area contributed by atoms with Crippen LogP contribution in [0.25, 0.3) is 4.85 Å². The van der Waals surface area contributed by atoms with Gasteiger partial charge in [0.1, 0.15) is 11.9 Å². The Balaban J connectivity index is 1.61. The Morgan fingerprint density at radius 1 is 1.03 bits per heavy atom. The molecular formula is C28H29Cl2N3O2. The van der Waals surface area contributed by atoms with E-state index in [1.54, 1.807) is 0 Å². The number of hydrogen-bond donors (Lipinski definition) is 1. The molecule has 0 saturated carbocycles. The summed E-state index contributed by atoms with van der Waals surface area (Å²) >= 11 is 12.9. The number of nitrogens with zero attached hydrogens (tertiary/aromatic N) is 3. The minimum Gasteiger partial charge on any atom is -0.488 e. The zero-order chi connectivity index (χ0) is 24.9. The molecule has 0 aliphatic carbocycles. The number of aliphatic hydroxyl groups excluding tert-OH is 1. The number of anilines is 1. The fourth-order valence-corrected chi connectivity index (χ4v) is 4.92. The van der Waals surface area contributed by atoms with Gasteiger partial charge in [-0.15, -0.1) is 0 Å². The van der Waals surface area contributed by atoms with Gasteiger partial charge in [0.15, 0.2) is 5.69 Å². The molecule has 5 nitrogen and oxygen atoms in total. The quantitative estimate of drug-likeness (QED) is 0.350. The zero-order valence-corrected chi connectivity index (χ0v) is 21.4. The Labute approximate surface area is 217 Å². The molecule has 1 heterocycles. The van der Waals surface area contributed by atoms with Crippen molar-refractivity contribution in [2.75, 3.05) is 31.1 Å². The van der Waals surface area contributed by atoms with Crippen LogP contribution in [-0.4, -0.2) is 42.4 Å². The van der Waals surface area contributed by atoms with E-state index < -0.39 is 0 Å². The summed E-state index contributed by atoms with van der Waals surface area (Å²) < 4.78 is 5.73. The molecule has 1 aliphatic heterocycles. The van der Waals surface area contributed by atoms with Crippen molar-refractivity contribution in [3.63, 3.8) is 0 Å². The second-order valence-electron chi connectivity index (χ2n) is 8.86. The molecule has 1 N–H and O–H groups in total. The topological polar surface area (TPSA) is 40.3 Å². The van der Waals surface area contributed by atoms with E-state index in [-0.39, 0.29) is 24.8 Å². The largest absolute Gasteiger partial charge is 0.488 e. The molecule has 182 valence electrons. The molecule has 3 aromatic rings. The van der Waals surface area contributed by atoms with Crippen LogP contribution in [-0.2, 0) is 0 Å². The standard InChI is InChI=1S/C28H29Cl2N3O2/c1-19(18-34)35-25-12-13-27(26(30)16-25)33-15-14-32(17-28(33)22-4-8-23(29)9-5-22)20(2)21-6-10-24(31-3)11-7-21/h4-13,16,19-20,28,34H,14-15,17-18H2,1-2H3/t19-,20-,28+/m1/s1. The van der Waals surface area contributed by atoms with Crippen LogP contribution in [0.1, 0.15) is 37.1 Å². The van der Waals surface area contributed by atoms with Gasteiger partial charge < -0.3 is 14.7 Å². The van der Waals surface area contributed by atoms with Gasteiger partial charge in [-0.1, -0.05) is 59.6 Å². The van der Waals surface area contributed by atoms with Crippen molar-refractivity contribution in [2.24, 2.45) is 0 Å². The van der Waals surface area contributed by atoms with Crippen molar-refractivity contribution in [1.82, 2.24) is 4.90 Å². The number of hydrogen-bond acceptors (Lipinski definition) is 4. The van der Waals surface area contributed by atoms with Gasteiger partial charge in [-0.25, -0.2) is 4.85 Å². The lowest BCUT2D eigenvalue weighted by molar-refractivity contribution is 0.130. The van der Waals surface area contributed by atoms with Crippen molar-refractivity contribution in [2.45, 2.75) is 32.0 Å². The second kappa shape index (κ2) is 11.3. The maximum atomic E-state index is 9.29. The lowest BCUT2D eigenvalue weighted by atomic mass is 9.98. The Bertz CT molecular complexity index is 1180. The Hall–Kier alpha value is -2.75. The van der Waals surface area contributed by atoms with Gasteiger partial charge >= 0.3 is 0 Å². The average molecular weight is 510 g/mol. The maximum Gasteiger partial charge on any atom is 0.187 e. The number of ether oxygens (including phenoxy) is 1. The van der Waals surface area contributed by atoms with Crippen LogP contribution in [0.2, 0.25) is 10.0 Å². The van der Waals surface area contributed by atoms with Gasteiger partial charge in [0.05, 0.1) is 29.9 Å². The summed E-state index contributed by atoms with van der Waals surface area (Å²) in [5, 5.41) is 10.6. The fourth-order valence-electron chi connectivity index (χ4n) is 4.52. The molecule has 4 rings (SSSR count). The van der Waals surface area contributed by atoms with Crippen LogP contribution in [0, 0.1) is 6.57 Å². The molecule has 3 aromatic carbocycles. The monoisotopic (exact) mass is 509 g/mol. The van der Waals surface area contributed by atoms with Gasteiger partial charge in [0, 0.05) is 36.8 Å². The molecule has 1 aliphatic rings. The smallest absolute Gasteiger partial charge is 0.187 e. The number of piperazine rings is 1. The lowest BCUT2D eigenvalue weighted by Crippen LogP contribution is -2.49. The highest BCUT2D eigenvalue weighted by Crippen LogP contribution is 2.39. The number of aliphatic hydroxyl groups is 1. The molecule has 1 fully saturated rings. The summed E-state index contributed by atoms with van der Waals surface area (Å²) in [5.74, 6) is 0.637. The van der Waals surface area contributed by atoms with Crippen LogP contribution in [0.3, 0.4) is 0 Å². The third-order valence-electron chi connectivity index (χ3n) is 6.54. The molecule has 35 heavy (non-hydrogen) atoms. The van der Waals surface area contributed by atoms with Crippen LogP contribution >= 0.6 is 23.2 Å². The first-order chi connectivity index (χ1) is 16.9. The highest BCUT2D eigenvalue weighted by atomic mass is 35.5. The Kier molecular flexibility index (Phi) is 8.20. The molecule has 3 atom stereocenters. The predicted octanol–water partition coefficient (Wildman–Crippen LogP) is 6.93. The number of halogens is 2. The average Bonchev–Trinajstić information content (AvgIpc) is 2.88. The molecule has 1 saturated heterocycles. The normalized spacial score (nSPS) is 18.1. The van der Waals surface area contributed by atoms with Crippen LogP contribution in [0.5, 0.6) is 5.75 Å². The summed E-state index contributed by atoms with van der Waals surface area (Å²) in [6.45, 7) is 13.6. The van der Waals surface area contributed by atoms with E-state index in [0.29, 0.717) is 21.5 Å². The summed E-state index contributed by atoms with van der Waals surface area (Å²) in [6, 6.07) is 21.9. The van der Waals surface area contributed by atoms with E-state index in [1.165, 1.54) is 11.1 Å². The third-order valence-corrected chi connectivity index (χ3v) is 7.10. The SMILES string of the molecule is [C-]#[N+]c1ccc([C@@H](C)N2CCN(c3ccc(O[C@H](C)CO)cc3Cl)[C@H](c3ccc(Cl)cc3)C2)cc1. The number of benzene rings is 3. The molecule has 0 bridgehead atoms. The third kappa shape index (κ3) is 5.91. The van der Waals surface area contributed by atoms with Crippen LogP contribution in [0.4, 0.5) is 11.4 Å². The summed E-state index contributed by atoms with van der Waals surface area (Å²) in [7, 11) is 0. The Morgan fingerprint density at radius 2 is 1.74 bits per heavy atom. The molecular weight excluding hydrogens is 481 g/mol. The van der Waals surface area contributed by atoms with E-state index in [4.69, 9.17) is 34.5 Å². The molecule has 0 spiro atoms. The minimum absolute atomic E-state index is 0.0568. The summed E-state index contributed by atoms with van der Waals surface area (Å²) in [5.41, 5.74) is 3.96. The van der Waals surface area contributed by atoms with Gasteiger partial charge in [0.2, 0.25) is 0 Å². The van der Waals surface area contributed by atoms with Gasteiger partial charge in [0.25, 0.3) is 0 Å². The van der Waals surface area contributed by atoms with Crippen molar-refractivity contribution in [3.8, 4) is 5.75 Å². The van der Waals surface area contributed by atoms with E-state index in [0.717, 1.165) is 25.3 Å². The van der Waals surface area contributed by atoms with Crippen LogP contribution < -0.4 is 9.64 Å². The second-order valence-corrected chi connectivity index (χ2v) is 9.70. The van der Waals surface area contributed by atoms with E-state index in [9.17, 15) is 5.11 Å². The predicted molar refractivity (Wildman–Crippen MR) is 143 cm³/mol. The van der Waals surface area contributed by atoms with Gasteiger partial charge in [-0.05, 0) is 49.2 Å². The zero-order valence-electron chi connectivity index (χ0n) is 19.9. The van der Waals surface area contributed by atoms with Crippen molar-refractivity contribution in [1.29, 1.82) is 0 Å². The fraction of sp³-hybridized carbons (Fsp3) is 0.321. The minimum atomic E-state index is -0.299. The molecule has 0 amide bonds. The van der Waals surface area contributed by atoms with Crippen molar-refractivity contribution >= 4 is 34.6 Å². The van der Waals surface area contributed by atoms with Gasteiger partial charge in [-0.3, -0.25) is 4.90 Å². The highest BCUT2D eigenvalue weighted by Gasteiger charge is 2.32. The first-order valence-electron chi connectivity index (χ1n) is 11.7. The Morgan fingerprint density at radius 3 is 2.37 bits per heavy atom. The summed E-state index contributed by atoms with van der Waals surface area (Å²) in [6.07, 6.45) is -0.299. The molecule has 0 unspecified atom stereocenters. The van der Waals surface area contributed by atoms with E-state index in [2.05, 4.69) is 33.7 Å². The lowest BCUT2D eigenvalue weighted by Gasteiger charge is -2.45. The maximum absolute atomic E-state index is 9.29. The van der Waals surface area contributed by atoms with Gasteiger partial charge in [-0.2, -0.15) is 0 Å². The molecule has 7 heteroatoms. The van der Waals surface area contributed by atoms with Crippen LogP contribution in [0.15, 0.2) is 66.7 Å². The first kappa shape index (κ1) is 25.3. The molecule has 0 aromatic heterocycles. The van der Waals surface area contributed by atoms with E-state index >= 15 is 0 Å². The first-order valence-corrected chi connectivity index (χ1v) is 12.5. The molecule has 0 radical (unpaired) electrons. The summed E-state index contributed by atoms with van der Waals surface area (Å²) in [4.78, 5) is 8.32. The van der Waals surface area contributed by atoms with Crippen molar-refractivity contribution in [3.05, 3.63) is 99.3 Å².